The number of rotatable bonds is 7. The molecule has 16 heavy (non-hydrogen) atoms. The Balaban J connectivity index is 2.57. The van der Waals surface area contributed by atoms with Crippen molar-refractivity contribution in [2.45, 2.75) is 52.4 Å². The molecule has 3 nitrogen and oxygen atoms in total. The second-order valence-electron chi connectivity index (χ2n) is 4.85. The van der Waals surface area contributed by atoms with Gasteiger partial charge in [0.25, 0.3) is 0 Å². The van der Waals surface area contributed by atoms with Gasteiger partial charge < -0.3 is 5.32 Å². The van der Waals surface area contributed by atoms with Gasteiger partial charge in [0.15, 0.2) is 0 Å². The summed E-state index contributed by atoms with van der Waals surface area (Å²) in [6.45, 7) is 4.81. The Hall–Kier alpha value is -1.04. The summed E-state index contributed by atoms with van der Waals surface area (Å²) in [4.78, 5) is 12.1. The van der Waals surface area contributed by atoms with E-state index in [0.29, 0.717) is 18.8 Å². The molecule has 1 rings (SSSR count). The van der Waals surface area contributed by atoms with Gasteiger partial charge in [-0.3, -0.25) is 4.79 Å². The molecule has 1 fully saturated rings. The number of nitriles is 1. The number of carbonyl (C=O) groups excluding carboxylic acids is 1. The summed E-state index contributed by atoms with van der Waals surface area (Å²) < 4.78 is 0. The second kappa shape index (κ2) is 5.89. The molecule has 1 N–H and O–H groups in total. The van der Waals surface area contributed by atoms with Gasteiger partial charge in [0.05, 0.1) is 6.07 Å². The molecule has 0 aromatic rings. The topological polar surface area (TPSA) is 52.9 Å². The largest absolute Gasteiger partial charge is 0.354 e. The van der Waals surface area contributed by atoms with E-state index in [1.54, 1.807) is 0 Å². The van der Waals surface area contributed by atoms with E-state index in [1.807, 2.05) is 13.8 Å². The first-order valence-electron chi connectivity index (χ1n) is 6.38. The van der Waals surface area contributed by atoms with E-state index >= 15 is 0 Å². The lowest BCUT2D eigenvalue weighted by Gasteiger charge is -2.24. The van der Waals surface area contributed by atoms with Crippen LogP contribution in [0.5, 0.6) is 0 Å². The maximum absolute atomic E-state index is 12.1. The molecule has 0 spiro atoms. The minimum absolute atomic E-state index is 0.0504. The molecular weight excluding hydrogens is 200 g/mol. The first-order chi connectivity index (χ1) is 7.68. The molecule has 0 bridgehead atoms. The van der Waals surface area contributed by atoms with Crippen molar-refractivity contribution < 1.29 is 4.79 Å². The molecule has 1 amide bonds. The van der Waals surface area contributed by atoms with Crippen LogP contribution in [0.2, 0.25) is 0 Å². The van der Waals surface area contributed by atoms with Crippen LogP contribution in [-0.2, 0) is 4.79 Å². The molecule has 0 aromatic carbocycles. The van der Waals surface area contributed by atoms with Gasteiger partial charge in [-0.1, -0.05) is 26.7 Å². The number of amides is 1. The van der Waals surface area contributed by atoms with Crippen molar-refractivity contribution in [1.29, 1.82) is 5.26 Å². The zero-order valence-electron chi connectivity index (χ0n) is 10.4. The summed E-state index contributed by atoms with van der Waals surface area (Å²) in [7, 11) is 0. The normalized spacial score (nSPS) is 15.6. The quantitative estimate of drug-likeness (QED) is 0.720. The predicted octanol–water partition coefficient (Wildman–Crippen LogP) is 2.62. The third-order valence-electron chi connectivity index (χ3n) is 3.25. The fourth-order valence-corrected chi connectivity index (χ4v) is 2.10. The Morgan fingerprint density at radius 3 is 2.31 bits per heavy atom. The maximum atomic E-state index is 12.1. The lowest BCUT2D eigenvalue weighted by Crippen LogP contribution is -2.41. The van der Waals surface area contributed by atoms with Crippen molar-refractivity contribution in [2.75, 3.05) is 6.54 Å². The molecular formula is C13H22N2O. The van der Waals surface area contributed by atoms with Crippen molar-refractivity contribution in [1.82, 2.24) is 5.32 Å². The van der Waals surface area contributed by atoms with Gasteiger partial charge in [0, 0.05) is 6.54 Å². The van der Waals surface area contributed by atoms with Crippen LogP contribution in [0.15, 0.2) is 0 Å². The number of nitrogens with zero attached hydrogens (tertiary/aromatic N) is 1. The number of hydrogen-bond donors (Lipinski definition) is 1. The highest BCUT2D eigenvalue weighted by Gasteiger charge is 2.37. The molecule has 1 aliphatic rings. The van der Waals surface area contributed by atoms with Gasteiger partial charge in [0.1, 0.15) is 5.41 Å². The third-order valence-corrected chi connectivity index (χ3v) is 3.25. The lowest BCUT2D eigenvalue weighted by molar-refractivity contribution is -0.129. The fraction of sp³-hybridized carbons (Fsp3) is 0.846. The molecule has 90 valence electrons. The van der Waals surface area contributed by atoms with E-state index in [-0.39, 0.29) is 5.91 Å². The third kappa shape index (κ3) is 3.23. The van der Waals surface area contributed by atoms with E-state index in [0.717, 1.165) is 19.4 Å². The van der Waals surface area contributed by atoms with E-state index < -0.39 is 5.41 Å². The van der Waals surface area contributed by atoms with Crippen LogP contribution in [0.1, 0.15) is 52.4 Å². The number of hydrogen-bond acceptors (Lipinski definition) is 2. The Bertz CT molecular complexity index is 270. The second-order valence-corrected chi connectivity index (χ2v) is 4.85. The van der Waals surface area contributed by atoms with Gasteiger partial charge in [-0.2, -0.15) is 5.26 Å². The number of nitrogens with one attached hydrogen (secondary N) is 1. The summed E-state index contributed by atoms with van der Waals surface area (Å²) in [5, 5.41) is 12.2. The molecule has 0 saturated heterocycles. The highest BCUT2D eigenvalue weighted by molar-refractivity contribution is 5.85. The van der Waals surface area contributed by atoms with Crippen molar-refractivity contribution in [3.63, 3.8) is 0 Å². The average Bonchev–Trinajstić information content (AvgIpc) is 3.09. The highest BCUT2D eigenvalue weighted by atomic mass is 16.2. The summed E-state index contributed by atoms with van der Waals surface area (Å²) >= 11 is 0. The van der Waals surface area contributed by atoms with Crippen LogP contribution >= 0.6 is 0 Å². The van der Waals surface area contributed by atoms with Crippen LogP contribution in [0.4, 0.5) is 0 Å². The van der Waals surface area contributed by atoms with Crippen LogP contribution in [0, 0.1) is 22.7 Å². The summed E-state index contributed by atoms with van der Waals surface area (Å²) in [6, 6.07) is 2.25. The van der Waals surface area contributed by atoms with Gasteiger partial charge in [0.2, 0.25) is 5.91 Å². The van der Waals surface area contributed by atoms with Gasteiger partial charge in [-0.05, 0) is 31.6 Å². The molecule has 0 aliphatic heterocycles. The van der Waals surface area contributed by atoms with E-state index in [9.17, 15) is 10.1 Å². The maximum Gasteiger partial charge on any atom is 0.240 e. The first kappa shape index (κ1) is 13.0. The van der Waals surface area contributed by atoms with Gasteiger partial charge in [-0.25, -0.2) is 0 Å². The molecule has 0 unspecified atom stereocenters. The molecule has 0 aromatic heterocycles. The predicted molar refractivity (Wildman–Crippen MR) is 63.6 cm³/mol. The fourth-order valence-electron chi connectivity index (χ4n) is 2.10. The van der Waals surface area contributed by atoms with Crippen molar-refractivity contribution >= 4 is 5.91 Å². The van der Waals surface area contributed by atoms with Crippen molar-refractivity contribution in [2.24, 2.45) is 11.3 Å². The van der Waals surface area contributed by atoms with Crippen molar-refractivity contribution in [3.05, 3.63) is 0 Å². The average molecular weight is 222 g/mol. The summed E-state index contributed by atoms with van der Waals surface area (Å²) in [5.74, 6) is 0.620. The van der Waals surface area contributed by atoms with E-state index in [1.165, 1.54) is 12.8 Å². The Morgan fingerprint density at radius 2 is 1.94 bits per heavy atom. The van der Waals surface area contributed by atoms with Crippen molar-refractivity contribution in [3.8, 4) is 6.07 Å². The van der Waals surface area contributed by atoms with Crippen LogP contribution < -0.4 is 5.32 Å². The molecule has 3 heteroatoms. The zero-order chi connectivity index (χ0) is 12.0. The highest BCUT2D eigenvalue weighted by Crippen LogP contribution is 2.31. The molecule has 1 aliphatic carbocycles. The standard InChI is InChI=1S/C13H22N2O/c1-3-7-13(10-14,8-4-2)12(16)15-9-11-5-6-11/h11H,3-9H2,1-2H3,(H,15,16). The zero-order valence-corrected chi connectivity index (χ0v) is 10.4. The molecule has 0 heterocycles. The van der Waals surface area contributed by atoms with Gasteiger partial charge in [-0.15, -0.1) is 0 Å². The molecule has 1 saturated carbocycles. The van der Waals surface area contributed by atoms with Crippen LogP contribution in [0.3, 0.4) is 0 Å². The SMILES string of the molecule is CCCC(C#N)(CCC)C(=O)NCC1CC1. The van der Waals surface area contributed by atoms with Crippen LogP contribution in [-0.4, -0.2) is 12.5 Å². The Kier molecular flexibility index (Phi) is 4.79. The first-order valence-corrected chi connectivity index (χ1v) is 6.38. The minimum atomic E-state index is -0.779. The summed E-state index contributed by atoms with van der Waals surface area (Å²) in [6.07, 6.45) is 5.55. The van der Waals surface area contributed by atoms with Gasteiger partial charge >= 0.3 is 0 Å². The van der Waals surface area contributed by atoms with Crippen LogP contribution in [0.25, 0.3) is 0 Å². The molecule has 0 atom stereocenters. The molecule has 0 radical (unpaired) electrons. The van der Waals surface area contributed by atoms with E-state index in [2.05, 4.69) is 11.4 Å². The Labute approximate surface area is 98.2 Å². The smallest absolute Gasteiger partial charge is 0.240 e. The van der Waals surface area contributed by atoms with E-state index in [4.69, 9.17) is 0 Å². The summed E-state index contributed by atoms with van der Waals surface area (Å²) in [5.41, 5.74) is -0.779. The monoisotopic (exact) mass is 222 g/mol. The minimum Gasteiger partial charge on any atom is -0.354 e. The lowest BCUT2D eigenvalue weighted by atomic mass is 9.80. The Morgan fingerprint density at radius 1 is 1.38 bits per heavy atom. The number of carbonyl (C=O) groups is 1.